The van der Waals surface area contributed by atoms with Crippen LogP contribution >= 0.6 is 11.6 Å². The Bertz CT molecular complexity index is 720. The number of rotatable bonds is 1. The lowest BCUT2D eigenvalue weighted by atomic mass is 10.1. The lowest BCUT2D eigenvalue weighted by Gasteiger charge is -2.18. The Balaban J connectivity index is 2.83. The minimum Gasteiger partial charge on any atom is -0.805 e. The Morgan fingerprint density at radius 3 is 2.37 bits per heavy atom. The molecule has 0 saturated carbocycles. The van der Waals surface area contributed by atoms with E-state index in [9.17, 15) is 10.1 Å². The molecule has 100 valence electrons. The molecule has 0 unspecified atom stereocenters. The summed E-state index contributed by atoms with van der Waals surface area (Å²) in [5, 5.41) is 12.7. The van der Waals surface area contributed by atoms with Crippen molar-refractivity contribution < 1.29 is 4.43 Å². The van der Waals surface area contributed by atoms with E-state index >= 15 is 0 Å². The maximum absolute atomic E-state index is 12.3. The third-order valence-electron chi connectivity index (χ3n) is 3.41. The number of halogens is 1. The van der Waals surface area contributed by atoms with Gasteiger partial charge in [0.05, 0.1) is 21.4 Å². The molecule has 2 aromatic rings. The van der Waals surface area contributed by atoms with E-state index < -0.39 is 0 Å². The summed E-state index contributed by atoms with van der Waals surface area (Å²) in [6.07, 6.45) is 0. The standard InChI is InChI=1S/C14H15ClN2O2/c1-8-7-12(5-6-13(8)15)14-11(4)16(18)9(2)10(3)17(14)19/h5-7H,1-4H3. The van der Waals surface area contributed by atoms with Gasteiger partial charge in [-0.25, -0.2) is 0 Å². The fourth-order valence-corrected chi connectivity index (χ4v) is 2.19. The van der Waals surface area contributed by atoms with Gasteiger partial charge in [0, 0.05) is 16.9 Å². The van der Waals surface area contributed by atoms with Crippen molar-refractivity contribution in [1.82, 2.24) is 4.73 Å². The van der Waals surface area contributed by atoms with Gasteiger partial charge in [0.15, 0.2) is 0 Å². The first-order valence-electron chi connectivity index (χ1n) is 5.94. The zero-order chi connectivity index (χ0) is 14.3. The van der Waals surface area contributed by atoms with E-state index in [1.165, 1.54) is 0 Å². The second kappa shape index (κ2) is 4.70. The van der Waals surface area contributed by atoms with Crippen molar-refractivity contribution in [2.75, 3.05) is 0 Å². The zero-order valence-electron chi connectivity index (χ0n) is 11.3. The topological polar surface area (TPSA) is 51.0 Å². The average Bonchev–Trinajstić information content (AvgIpc) is 2.38. The number of nitrogens with zero attached hydrogens (tertiary/aromatic N) is 2. The third kappa shape index (κ3) is 2.12. The van der Waals surface area contributed by atoms with Crippen LogP contribution in [0.25, 0.3) is 11.3 Å². The summed E-state index contributed by atoms with van der Waals surface area (Å²) in [4.78, 5) is 12.3. The second-order valence-corrected chi connectivity index (χ2v) is 5.06. The molecule has 2 rings (SSSR count). The van der Waals surface area contributed by atoms with Gasteiger partial charge in [-0.3, -0.25) is 0 Å². The quantitative estimate of drug-likeness (QED) is 0.752. The molecule has 0 aliphatic rings. The van der Waals surface area contributed by atoms with E-state index in [2.05, 4.69) is 0 Å². The predicted octanol–water partition coefficient (Wildman–Crippen LogP) is 3.30. The van der Waals surface area contributed by atoms with E-state index in [4.69, 9.17) is 11.6 Å². The molecule has 0 atom stereocenters. The second-order valence-electron chi connectivity index (χ2n) is 4.66. The minimum absolute atomic E-state index is 0.373. The Hall–Kier alpha value is -1.81. The average molecular weight is 279 g/mol. The lowest BCUT2D eigenvalue weighted by Crippen LogP contribution is -2.28. The molecule has 0 radical (unpaired) electrons. The number of hydrogen-bond acceptors (Lipinski definition) is 2. The first-order chi connectivity index (χ1) is 8.84. The fourth-order valence-electron chi connectivity index (χ4n) is 2.07. The Labute approximate surface area is 116 Å². The molecule has 0 aliphatic heterocycles. The lowest BCUT2D eigenvalue weighted by molar-refractivity contribution is -0.492. The Morgan fingerprint density at radius 2 is 1.79 bits per heavy atom. The van der Waals surface area contributed by atoms with Crippen LogP contribution in [-0.4, -0.2) is 4.73 Å². The van der Waals surface area contributed by atoms with E-state index in [1.54, 1.807) is 32.9 Å². The van der Waals surface area contributed by atoms with Gasteiger partial charge in [0.25, 0.3) is 11.4 Å². The maximum Gasteiger partial charge on any atom is 0.289 e. The normalized spacial score (nSPS) is 10.8. The van der Waals surface area contributed by atoms with Gasteiger partial charge >= 0.3 is 0 Å². The van der Waals surface area contributed by atoms with Gasteiger partial charge in [-0.15, -0.1) is 0 Å². The number of aryl methyl sites for hydroxylation is 1. The fraction of sp³-hybridized carbons (Fsp3) is 0.286. The van der Waals surface area contributed by atoms with Gasteiger partial charge in [-0.05, 0) is 44.5 Å². The van der Waals surface area contributed by atoms with E-state index in [-0.39, 0.29) is 0 Å². The molecule has 4 nitrogen and oxygen atoms in total. The number of aromatic nitrogens is 2. The van der Waals surface area contributed by atoms with Gasteiger partial charge in [-0.2, -0.15) is 0 Å². The molecule has 0 aliphatic carbocycles. The molecule has 0 spiro atoms. The maximum atomic E-state index is 12.3. The highest BCUT2D eigenvalue weighted by Gasteiger charge is 2.22. The van der Waals surface area contributed by atoms with Gasteiger partial charge in [0.2, 0.25) is 0 Å². The molecule has 0 fully saturated rings. The largest absolute Gasteiger partial charge is 0.805 e. The summed E-state index contributed by atoms with van der Waals surface area (Å²) < 4.78 is 1.60. The first-order valence-corrected chi connectivity index (χ1v) is 6.31. The van der Waals surface area contributed by atoms with Crippen molar-refractivity contribution in [3.63, 3.8) is 0 Å². The highest BCUT2D eigenvalue weighted by atomic mass is 35.5. The zero-order valence-corrected chi connectivity index (χ0v) is 12.1. The molecule has 1 aromatic carbocycles. The van der Waals surface area contributed by atoms with Crippen molar-refractivity contribution >= 4 is 11.6 Å². The number of hydrogen-bond donors (Lipinski definition) is 0. The van der Waals surface area contributed by atoms with Gasteiger partial charge < -0.3 is 9.94 Å². The van der Waals surface area contributed by atoms with Crippen LogP contribution in [0, 0.1) is 37.8 Å². The molecular weight excluding hydrogens is 264 g/mol. The van der Waals surface area contributed by atoms with Crippen LogP contribution in [0.2, 0.25) is 5.02 Å². The van der Waals surface area contributed by atoms with Gasteiger partial charge in [0.1, 0.15) is 0 Å². The van der Waals surface area contributed by atoms with Crippen molar-refractivity contribution in [2.45, 2.75) is 27.7 Å². The highest BCUT2D eigenvalue weighted by molar-refractivity contribution is 6.31. The molecule has 5 heteroatoms. The smallest absolute Gasteiger partial charge is 0.289 e. The van der Waals surface area contributed by atoms with Crippen LogP contribution in [-0.2, 0) is 0 Å². The third-order valence-corrected chi connectivity index (χ3v) is 3.84. The molecule has 1 aromatic heterocycles. The molecule has 19 heavy (non-hydrogen) atoms. The number of benzene rings is 1. The van der Waals surface area contributed by atoms with Crippen LogP contribution in [0.15, 0.2) is 18.2 Å². The summed E-state index contributed by atoms with van der Waals surface area (Å²) in [6, 6.07) is 5.30. The van der Waals surface area contributed by atoms with Crippen LogP contribution in [0.4, 0.5) is 0 Å². The van der Waals surface area contributed by atoms with Crippen LogP contribution in [0.3, 0.4) is 0 Å². The molecule has 0 N–H and O–H groups in total. The Kier molecular flexibility index (Phi) is 3.37. The summed E-state index contributed by atoms with van der Waals surface area (Å²) in [6.45, 7) is 6.79. The minimum atomic E-state index is 0.373. The van der Waals surface area contributed by atoms with Crippen LogP contribution < -0.4 is 4.43 Å². The summed E-state index contributed by atoms with van der Waals surface area (Å²) in [7, 11) is 0. The molecule has 0 bridgehead atoms. The van der Waals surface area contributed by atoms with E-state index in [1.807, 2.05) is 13.0 Å². The molecule has 0 amide bonds. The first kappa shape index (κ1) is 13.6. The van der Waals surface area contributed by atoms with Crippen molar-refractivity contribution in [3.8, 4) is 11.3 Å². The summed E-state index contributed by atoms with van der Waals surface area (Å²) in [5.41, 5.74) is 3.15. The summed E-state index contributed by atoms with van der Waals surface area (Å²) >= 11 is 5.98. The summed E-state index contributed by atoms with van der Waals surface area (Å²) in [5.74, 6) is 0. The van der Waals surface area contributed by atoms with Crippen LogP contribution in [0.1, 0.15) is 22.6 Å². The van der Waals surface area contributed by atoms with Crippen molar-refractivity contribution in [3.05, 3.63) is 56.0 Å². The molecular formula is C14H15ClN2O2. The predicted molar refractivity (Wildman–Crippen MR) is 76.0 cm³/mol. The SMILES string of the molecule is Cc1cc(-c2c(C)n([O-])c(C)c(C)[n+]2=O)ccc1Cl. The van der Waals surface area contributed by atoms with E-state index in [0.717, 1.165) is 14.7 Å². The van der Waals surface area contributed by atoms with Gasteiger partial charge in [-0.1, -0.05) is 11.6 Å². The molecule has 0 saturated heterocycles. The highest BCUT2D eigenvalue weighted by Crippen LogP contribution is 2.25. The van der Waals surface area contributed by atoms with Crippen molar-refractivity contribution in [1.29, 1.82) is 0 Å². The van der Waals surface area contributed by atoms with E-state index in [0.29, 0.717) is 33.4 Å². The van der Waals surface area contributed by atoms with Crippen LogP contribution in [0.5, 0.6) is 0 Å². The monoisotopic (exact) mass is 278 g/mol. The molecule has 1 heterocycles. The Morgan fingerprint density at radius 1 is 1.16 bits per heavy atom. The van der Waals surface area contributed by atoms with Crippen molar-refractivity contribution in [2.24, 2.45) is 0 Å².